The van der Waals surface area contributed by atoms with Gasteiger partial charge in [0.1, 0.15) is 11.4 Å². The van der Waals surface area contributed by atoms with Crippen molar-refractivity contribution in [3.8, 4) is 0 Å². The van der Waals surface area contributed by atoms with Crippen molar-refractivity contribution in [2.24, 2.45) is 0 Å². The molecule has 2 N–H and O–H groups in total. The lowest BCUT2D eigenvalue weighted by molar-refractivity contribution is 0.0104. The van der Waals surface area contributed by atoms with Crippen molar-refractivity contribution in [1.82, 2.24) is 10.2 Å². The second kappa shape index (κ2) is 8.17. The summed E-state index contributed by atoms with van der Waals surface area (Å²) in [6.45, 7) is 7.78. The normalized spacial score (nSPS) is 20.6. The lowest BCUT2D eigenvalue weighted by Crippen LogP contribution is -2.58. The number of hydrogen-bond donors (Lipinski definition) is 2. The molecule has 2 amide bonds. The van der Waals surface area contributed by atoms with Gasteiger partial charge in [0.15, 0.2) is 5.82 Å². The van der Waals surface area contributed by atoms with E-state index in [1.807, 2.05) is 0 Å². The topological polar surface area (TPSA) is 70.7 Å². The minimum Gasteiger partial charge on any atom is -0.444 e. The molecule has 2 aromatic carbocycles. The quantitative estimate of drug-likeness (QED) is 0.672. The first-order chi connectivity index (χ1) is 15.4. The molecule has 0 radical (unpaired) electrons. The molecule has 2 aromatic rings. The Morgan fingerprint density at radius 3 is 2.58 bits per heavy atom. The number of nitrogens with one attached hydrogen (secondary N) is 2. The third-order valence-electron chi connectivity index (χ3n) is 5.98. The molecule has 2 heterocycles. The Morgan fingerprint density at radius 2 is 1.91 bits per heavy atom. The molecule has 0 aromatic heterocycles. The van der Waals surface area contributed by atoms with Gasteiger partial charge in [-0.25, -0.2) is 13.6 Å². The Hall–Kier alpha value is -2.87. The molecular formula is C24H26ClF2N3O3. The van der Waals surface area contributed by atoms with Crippen LogP contribution < -0.4 is 10.6 Å². The van der Waals surface area contributed by atoms with Gasteiger partial charge in [0.05, 0.1) is 16.8 Å². The molecule has 4 rings (SSSR count). The highest BCUT2D eigenvalue weighted by atomic mass is 35.5. The van der Waals surface area contributed by atoms with E-state index in [9.17, 15) is 14.0 Å². The van der Waals surface area contributed by atoms with Gasteiger partial charge < -0.3 is 20.3 Å². The third-order valence-corrected chi connectivity index (χ3v) is 6.27. The van der Waals surface area contributed by atoms with Gasteiger partial charge in [-0.1, -0.05) is 23.7 Å². The second-order valence-corrected chi connectivity index (χ2v) is 10.1. The fourth-order valence-electron chi connectivity index (χ4n) is 4.28. The number of carbonyl (C=O) groups is 2. The van der Waals surface area contributed by atoms with Gasteiger partial charge in [-0.05, 0) is 45.9 Å². The van der Waals surface area contributed by atoms with Crippen LogP contribution in [0.1, 0.15) is 49.2 Å². The maximum atomic E-state index is 15.8. The predicted octanol–water partition coefficient (Wildman–Crippen LogP) is 4.70. The van der Waals surface area contributed by atoms with E-state index < -0.39 is 34.7 Å². The first-order valence-corrected chi connectivity index (χ1v) is 11.1. The number of amides is 2. The average molecular weight is 478 g/mol. The summed E-state index contributed by atoms with van der Waals surface area (Å²) in [4.78, 5) is 26.1. The number of hydrogen-bond acceptors (Lipinski definition) is 4. The van der Waals surface area contributed by atoms with Crippen molar-refractivity contribution in [2.75, 3.05) is 25.0 Å². The number of likely N-dealkylation sites (tertiary alicyclic amines) is 1. The van der Waals surface area contributed by atoms with Crippen LogP contribution in [-0.2, 0) is 10.2 Å². The van der Waals surface area contributed by atoms with Crippen LogP contribution in [0, 0.1) is 11.6 Å². The summed E-state index contributed by atoms with van der Waals surface area (Å²) in [5.74, 6) is -1.69. The number of halogens is 3. The Bertz CT molecular complexity index is 1130. The molecule has 33 heavy (non-hydrogen) atoms. The van der Waals surface area contributed by atoms with Gasteiger partial charge in [0, 0.05) is 41.7 Å². The number of ether oxygens (including phenoxy) is 1. The summed E-state index contributed by atoms with van der Waals surface area (Å²) in [6, 6.07) is 7.41. The maximum Gasteiger partial charge on any atom is 0.410 e. The van der Waals surface area contributed by atoms with Crippen LogP contribution >= 0.6 is 11.6 Å². The highest BCUT2D eigenvalue weighted by Crippen LogP contribution is 2.42. The van der Waals surface area contributed by atoms with Crippen LogP contribution in [0.3, 0.4) is 0 Å². The average Bonchev–Trinajstić information content (AvgIpc) is 2.69. The highest BCUT2D eigenvalue weighted by molar-refractivity contribution is 6.30. The number of nitrogens with zero attached hydrogens (tertiary/aromatic N) is 1. The van der Waals surface area contributed by atoms with E-state index in [2.05, 4.69) is 10.6 Å². The molecule has 0 saturated carbocycles. The third kappa shape index (κ3) is 4.24. The number of fused-ring (bicyclic) bond motifs is 1. The Kier molecular flexibility index (Phi) is 5.76. The van der Waals surface area contributed by atoms with Crippen molar-refractivity contribution < 1.29 is 23.1 Å². The van der Waals surface area contributed by atoms with E-state index in [1.54, 1.807) is 39.8 Å². The van der Waals surface area contributed by atoms with Gasteiger partial charge >= 0.3 is 6.09 Å². The molecule has 1 saturated heterocycles. The Balaban J connectivity index is 1.62. The van der Waals surface area contributed by atoms with Crippen LogP contribution in [0.5, 0.6) is 0 Å². The van der Waals surface area contributed by atoms with Crippen molar-refractivity contribution in [2.45, 2.75) is 44.8 Å². The summed E-state index contributed by atoms with van der Waals surface area (Å²) in [5.41, 5.74) is -1.11. The highest BCUT2D eigenvalue weighted by Gasteiger charge is 2.43. The van der Waals surface area contributed by atoms with Gasteiger partial charge in [0.2, 0.25) is 0 Å². The van der Waals surface area contributed by atoms with Gasteiger partial charge in [-0.15, -0.1) is 0 Å². The van der Waals surface area contributed by atoms with E-state index in [4.69, 9.17) is 16.3 Å². The monoisotopic (exact) mass is 477 g/mol. The number of anilines is 1. The van der Waals surface area contributed by atoms with Gasteiger partial charge in [0.25, 0.3) is 5.91 Å². The number of carbonyl (C=O) groups excluding carboxylic acids is 2. The molecule has 2 aliphatic heterocycles. The minimum atomic E-state index is -1.16. The second-order valence-electron chi connectivity index (χ2n) is 9.69. The molecular weight excluding hydrogens is 452 g/mol. The molecule has 2 aliphatic rings. The summed E-state index contributed by atoms with van der Waals surface area (Å²) in [5, 5.41) is 5.75. The standard InChI is InChI=1S/C24H26ClF2N3O3/c1-23(2,3)33-22(32)30-10-13(11-30)29-17-9-8-14-18(20(17)27)24(4,12-28-21(14)31)15-6-5-7-16(25)19(15)26/h5-9,13,29H,10-12H2,1-4H3,(H,28,31)/t24-/m1/s1. The summed E-state index contributed by atoms with van der Waals surface area (Å²) in [7, 11) is 0. The van der Waals surface area contributed by atoms with Crippen molar-refractivity contribution >= 4 is 29.3 Å². The smallest absolute Gasteiger partial charge is 0.410 e. The predicted molar refractivity (Wildman–Crippen MR) is 122 cm³/mol. The molecule has 176 valence electrons. The van der Waals surface area contributed by atoms with Crippen LogP contribution in [0.2, 0.25) is 5.02 Å². The van der Waals surface area contributed by atoms with Crippen LogP contribution in [0.15, 0.2) is 30.3 Å². The Morgan fingerprint density at radius 1 is 1.21 bits per heavy atom. The zero-order valence-electron chi connectivity index (χ0n) is 18.9. The molecule has 0 spiro atoms. The lowest BCUT2D eigenvalue weighted by atomic mass is 9.71. The number of rotatable bonds is 3. The molecule has 1 atom stereocenters. The molecule has 0 unspecified atom stereocenters. The van der Waals surface area contributed by atoms with Crippen molar-refractivity contribution in [3.63, 3.8) is 0 Å². The van der Waals surface area contributed by atoms with Crippen molar-refractivity contribution in [3.05, 3.63) is 63.7 Å². The fraction of sp³-hybridized carbons (Fsp3) is 0.417. The Labute approximate surface area is 196 Å². The SMILES string of the molecule is CC(C)(C)OC(=O)N1CC(Nc2ccc3c(c2F)[C@@](C)(c2cccc(Cl)c2F)CNC3=O)C1. The van der Waals surface area contributed by atoms with Crippen LogP contribution in [0.25, 0.3) is 0 Å². The van der Waals surface area contributed by atoms with Crippen LogP contribution in [0.4, 0.5) is 19.3 Å². The molecule has 1 fully saturated rings. The zero-order chi connectivity index (χ0) is 24.1. The lowest BCUT2D eigenvalue weighted by Gasteiger charge is -2.41. The summed E-state index contributed by atoms with van der Waals surface area (Å²) < 4.78 is 36.1. The molecule has 0 bridgehead atoms. The van der Waals surface area contributed by atoms with Crippen LogP contribution in [-0.4, -0.2) is 48.2 Å². The summed E-state index contributed by atoms with van der Waals surface area (Å²) >= 11 is 5.99. The van der Waals surface area contributed by atoms with Gasteiger partial charge in [-0.2, -0.15) is 0 Å². The zero-order valence-corrected chi connectivity index (χ0v) is 19.6. The van der Waals surface area contributed by atoms with E-state index in [0.717, 1.165) is 0 Å². The first kappa shape index (κ1) is 23.3. The van der Waals surface area contributed by atoms with Crippen molar-refractivity contribution in [1.29, 1.82) is 0 Å². The first-order valence-electron chi connectivity index (χ1n) is 10.7. The molecule has 6 nitrogen and oxygen atoms in total. The number of benzene rings is 2. The minimum absolute atomic E-state index is 0.0202. The van der Waals surface area contributed by atoms with E-state index in [1.165, 1.54) is 23.1 Å². The molecule has 0 aliphatic carbocycles. The largest absolute Gasteiger partial charge is 0.444 e. The maximum absolute atomic E-state index is 15.8. The van der Waals surface area contributed by atoms with E-state index in [0.29, 0.717) is 13.1 Å². The fourth-order valence-corrected chi connectivity index (χ4v) is 4.46. The summed E-state index contributed by atoms with van der Waals surface area (Å²) in [6.07, 6.45) is -0.424. The van der Waals surface area contributed by atoms with E-state index >= 15 is 4.39 Å². The van der Waals surface area contributed by atoms with Gasteiger partial charge in [-0.3, -0.25) is 4.79 Å². The van der Waals surface area contributed by atoms with E-state index in [-0.39, 0.29) is 40.0 Å². The molecule has 9 heteroatoms.